The maximum atomic E-state index is 13.0. The first-order valence-corrected chi connectivity index (χ1v) is 12.3. The van der Waals surface area contributed by atoms with Gasteiger partial charge in [0.1, 0.15) is 17.2 Å². The molecular formula is C32H30O10. The molecule has 2 aromatic carbocycles. The Morgan fingerprint density at radius 2 is 0.905 bits per heavy atom. The first-order chi connectivity index (χ1) is 19.6. The van der Waals surface area contributed by atoms with Gasteiger partial charge in [0.15, 0.2) is 11.5 Å². The highest BCUT2D eigenvalue weighted by Gasteiger charge is 2.19. The summed E-state index contributed by atoms with van der Waals surface area (Å²) in [4.78, 5) is 61.2. The van der Waals surface area contributed by atoms with Crippen LogP contribution in [0.2, 0.25) is 0 Å². The summed E-state index contributed by atoms with van der Waals surface area (Å²) in [7, 11) is 0. The van der Waals surface area contributed by atoms with Gasteiger partial charge in [-0.3, -0.25) is 0 Å². The van der Waals surface area contributed by atoms with Crippen LogP contribution in [0.15, 0.2) is 90.6 Å². The fraction of sp³-hybridized carbons (Fsp3) is 0.156. The van der Waals surface area contributed by atoms with E-state index in [9.17, 15) is 24.0 Å². The third-order valence-corrected chi connectivity index (χ3v) is 4.95. The van der Waals surface area contributed by atoms with Crippen LogP contribution in [0.1, 0.15) is 40.2 Å². The number of carbonyl (C=O) groups excluding carboxylic acids is 5. The second kappa shape index (κ2) is 14.2. The van der Waals surface area contributed by atoms with Crippen molar-refractivity contribution in [1.29, 1.82) is 0 Å². The number of carbonyl (C=O) groups is 5. The first kappa shape index (κ1) is 32.7. The number of esters is 5. The van der Waals surface area contributed by atoms with Crippen molar-refractivity contribution in [2.75, 3.05) is 0 Å². The highest BCUT2D eigenvalue weighted by molar-refractivity contribution is 5.96. The van der Waals surface area contributed by atoms with Gasteiger partial charge in [0.2, 0.25) is 0 Å². The largest absolute Gasteiger partial charge is 0.423 e. The smallest absolute Gasteiger partial charge is 0.339 e. The van der Waals surface area contributed by atoms with Gasteiger partial charge in [-0.1, -0.05) is 26.3 Å². The Morgan fingerprint density at radius 1 is 0.500 bits per heavy atom. The van der Waals surface area contributed by atoms with Crippen molar-refractivity contribution >= 4 is 35.9 Å². The van der Waals surface area contributed by atoms with E-state index in [4.69, 9.17) is 23.7 Å². The highest BCUT2D eigenvalue weighted by Crippen LogP contribution is 2.33. The molecule has 0 aromatic heterocycles. The van der Waals surface area contributed by atoms with Crippen LogP contribution in [0.25, 0.3) is 6.08 Å². The molecule has 218 valence electrons. The van der Waals surface area contributed by atoms with E-state index in [1.54, 1.807) is 0 Å². The molecule has 0 aliphatic carbocycles. The third-order valence-electron chi connectivity index (χ3n) is 4.95. The van der Waals surface area contributed by atoms with Gasteiger partial charge >= 0.3 is 29.8 Å². The number of hydrogen-bond acceptors (Lipinski definition) is 10. The molecule has 0 spiro atoms. The number of hydrogen-bond donors (Lipinski definition) is 0. The van der Waals surface area contributed by atoms with Crippen LogP contribution >= 0.6 is 0 Å². The molecule has 10 nitrogen and oxygen atoms in total. The highest BCUT2D eigenvalue weighted by atomic mass is 16.6. The van der Waals surface area contributed by atoms with E-state index >= 15 is 0 Å². The molecule has 0 atom stereocenters. The summed E-state index contributed by atoms with van der Waals surface area (Å²) < 4.78 is 26.4. The Kier molecular flexibility index (Phi) is 11.1. The molecular weight excluding hydrogens is 544 g/mol. The Labute approximate surface area is 243 Å². The Morgan fingerprint density at radius 3 is 1.36 bits per heavy atom. The maximum absolute atomic E-state index is 13.0. The standard InChI is InChI=1S/C32H30O10/c1-17(2)28(33)38-23-10-11-26(27(16-23)42-31(36)20(7)8)41-32(37)21(9)12-22-13-24(39-29(34)18(3)4)15-25(14-22)40-30(35)19(5)6/h10-16H,1,3,5,7H2,2,4,6,8-9H3/b21-12+. The van der Waals surface area contributed by atoms with Gasteiger partial charge in [0.05, 0.1) is 0 Å². The van der Waals surface area contributed by atoms with Crippen LogP contribution in [-0.4, -0.2) is 29.8 Å². The number of rotatable bonds is 11. The second-order valence-electron chi connectivity index (χ2n) is 9.24. The molecule has 0 unspecified atom stereocenters. The average Bonchev–Trinajstić information content (AvgIpc) is 2.89. The predicted octanol–water partition coefficient (Wildman–Crippen LogP) is 5.62. The Hall–Kier alpha value is -5.51. The number of benzene rings is 2. The van der Waals surface area contributed by atoms with Gasteiger partial charge in [-0.15, -0.1) is 0 Å². The summed E-state index contributed by atoms with van der Waals surface area (Å²) in [6.45, 7) is 21.3. The Bertz CT molecular complexity index is 1510. The van der Waals surface area contributed by atoms with Gasteiger partial charge in [0, 0.05) is 40.0 Å². The SMILES string of the molecule is C=C(C)C(=O)Oc1cc(/C=C(\C)C(=O)Oc2ccc(OC(=O)C(=C)C)cc2OC(=O)C(=C)C)cc(OC(=O)C(=C)C)c1. The lowest BCUT2D eigenvalue weighted by Gasteiger charge is -2.13. The molecule has 0 aliphatic rings. The van der Waals surface area contributed by atoms with Crippen molar-refractivity contribution in [2.24, 2.45) is 0 Å². The van der Waals surface area contributed by atoms with E-state index in [1.165, 1.54) is 77.1 Å². The van der Waals surface area contributed by atoms with E-state index < -0.39 is 29.8 Å². The molecule has 2 aromatic rings. The average molecular weight is 575 g/mol. The van der Waals surface area contributed by atoms with Crippen molar-refractivity contribution in [3.63, 3.8) is 0 Å². The third kappa shape index (κ3) is 9.60. The zero-order valence-electron chi connectivity index (χ0n) is 24.0. The molecule has 2 rings (SSSR count). The van der Waals surface area contributed by atoms with E-state index in [2.05, 4.69) is 26.3 Å². The molecule has 0 N–H and O–H groups in total. The van der Waals surface area contributed by atoms with Crippen LogP contribution in [0.3, 0.4) is 0 Å². The van der Waals surface area contributed by atoms with Gasteiger partial charge in [-0.25, -0.2) is 24.0 Å². The topological polar surface area (TPSA) is 132 Å². The minimum absolute atomic E-state index is 0.0116. The summed E-state index contributed by atoms with van der Waals surface area (Å²) in [6.07, 6.45) is 1.39. The van der Waals surface area contributed by atoms with Crippen molar-refractivity contribution in [2.45, 2.75) is 34.6 Å². The first-order valence-electron chi connectivity index (χ1n) is 12.3. The van der Waals surface area contributed by atoms with E-state index in [1.807, 2.05) is 0 Å². The summed E-state index contributed by atoms with van der Waals surface area (Å²) >= 11 is 0. The van der Waals surface area contributed by atoms with Crippen LogP contribution in [0, 0.1) is 0 Å². The summed E-state index contributed by atoms with van der Waals surface area (Å²) in [5, 5.41) is 0. The fourth-order valence-electron chi connectivity index (χ4n) is 2.77. The molecule has 0 radical (unpaired) electrons. The molecule has 0 saturated carbocycles. The van der Waals surface area contributed by atoms with Gasteiger partial charge in [-0.2, -0.15) is 0 Å². The monoisotopic (exact) mass is 574 g/mol. The van der Waals surface area contributed by atoms with Crippen molar-refractivity contribution in [3.8, 4) is 28.7 Å². The molecule has 0 fully saturated rings. The predicted molar refractivity (Wildman–Crippen MR) is 154 cm³/mol. The quantitative estimate of drug-likeness (QED) is 0.189. The van der Waals surface area contributed by atoms with Gasteiger partial charge in [-0.05, 0) is 70.5 Å². The molecule has 0 aliphatic heterocycles. The van der Waals surface area contributed by atoms with Crippen molar-refractivity contribution in [1.82, 2.24) is 0 Å². The van der Waals surface area contributed by atoms with Gasteiger partial charge in [0.25, 0.3) is 0 Å². The van der Waals surface area contributed by atoms with Crippen LogP contribution < -0.4 is 23.7 Å². The molecule has 0 amide bonds. The fourth-order valence-corrected chi connectivity index (χ4v) is 2.77. The molecule has 0 bridgehead atoms. The summed E-state index contributed by atoms with van der Waals surface area (Å²) in [5.41, 5.74) is 0.868. The minimum Gasteiger partial charge on any atom is -0.423 e. The van der Waals surface area contributed by atoms with Gasteiger partial charge < -0.3 is 23.7 Å². The lowest BCUT2D eigenvalue weighted by Crippen LogP contribution is -2.14. The summed E-state index contributed by atoms with van der Waals surface area (Å²) in [5.74, 6) is -4.08. The van der Waals surface area contributed by atoms with Crippen molar-refractivity contribution < 1.29 is 47.7 Å². The molecule has 0 heterocycles. The molecule has 0 saturated heterocycles. The van der Waals surface area contributed by atoms with Crippen molar-refractivity contribution in [3.05, 3.63) is 96.1 Å². The Balaban J connectivity index is 2.43. The van der Waals surface area contributed by atoms with Crippen LogP contribution in [0.5, 0.6) is 28.7 Å². The lowest BCUT2D eigenvalue weighted by molar-refractivity contribution is -0.132. The zero-order chi connectivity index (χ0) is 31.7. The van der Waals surface area contributed by atoms with E-state index in [-0.39, 0.29) is 56.6 Å². The molecule has 10 heteroatoms. The number of ether oxygens (including phenoxy) is 5. The minimum atomic E-state index is -0.848. The normalized spacial score (nSPS) is 10.5. The maximum Gasteiger partial charge on any atom is 0.339 e. The van der Waals surface area contributed by atoms with Crippen LogP contribution in [-0.2, 0) is 24.0 Å². The molecule has 42 heavy (non-hydrogen) atoms. The zero-order valence-corrected chi connectivity index (χ0v) is 24.0. The summed E-state index contributed by atoms with van der Waals surface area (Å²) in [6, 6.07) is 7.99. The van der Waals surface area contributed by atoms with E-state index in [0.29, 0.717) is 5.56 Å². The van der Waals surface area contributed by atoms with Crippen LogP contribution in [0.4, 0.5) is 0 Å². The second-order valence-corrected chi connectivity index (χ2v) is 9.24. The van der Waals surface area contributed by atoms with E-state index in [0.717, 1.165) is 0 Å². The lowest BCUT2D eigenvalue weighted by atomic mass is 10.1.